The van der Waals surface area contributed by atoms with E-state index in [1.807, 2.05) is 0 Å². The molecule has 138 valence electrons. The Morgan fingerprint density at radius 1 is 1.24 bits per heavy atom. The highest BCUT2D eigenvalue weighted by atomic mass is 16.5. The van der Waals surface area contributed by atoms with Gasteiger partial charge in [-0.25, -0.2) is 15.0 Å². The molecular weight excluding hydrogens is 326 g/mol. The molecule has 0 saturated heterocycles. The van der Waals surface area contributed by atoms with Gasteiger partial charge in [-0.3, -0.25) is 4.57 Å². The Balaban J connectivity index is 1.80. The van der Waals surface area contributed by atoms with Crippen molar-refractivity contribution in [3.05, 3.63) is 12.7 Å². The van der Waals surface area contributed by atoms with Crippen LogP contribution in [0.25, 0.3) is 11.2 Å². The Kier molecular flexibility index (Phi) is 5.79. The van der Waals surface area contributed by atoms with Crippen LogP contribution in [0.1, 0.15) is 38.8 Å². The van der Waals surface area contributed by atoms with Crippen LogP contribution in [0.2, 0.25) is 0 Å². The summed E-state index contributed by atoms with van der Waals surface area (Å²) in [4.78, 5) is 13.0. The highest BCUT2D eigenvalue weighted by Crippen LogP contribution is 2.26. The van der Waals surface area contributed by atoms with Gasteiger partial charge in [-0.1, -0.05) is 12.8 Å². The fraction of sp³-hybridized carbons (Fsp3) is 0.688. The quantitative estimate of drug-likeness (QED) is 0.539. The first-order valence-electron chi connectivity index (χ1n) is 8.63. The molecule has 0 radical (unpaired) electrons. The molecule has 0 bridgehead atoms. The van der Waals surface area contributed by atoms with Crippen molar-refractivity contribution < 1.29 is 20.1 Å². The number of aliphatic hydroxyl groups is 3. The van der Waals surface area contributed by atoms with E-state index in [4.69, 9.17) is 9.84 Å². The van der Waals surface area contributed by atoms with Gasteiger partial charge in [-0.2, -0.15) is 0 Å². The number of aromatic nitrogens is 4. The average Bonchev–Trinajstić information content (AvgIpc) is 3.28. The van der Waals surface area contributed by atoms with Crippen LogP contribution in [-0.2, 0) is 4.74 Å². The number of hydrogen-bond donors (Lipinski definition) is 4. The first-order valence-corrected chi connectivity index (χ1v) is 8.63. The maximum absolute atomic E-state index is 9.69. The number of anilines is 1. The smallest absolute Gasteiger partial charge is 0.167 e. The van der Waals surface area contributed by atoms with Gasteiger partial charge < -0.3 is 25.4 Å². The lowest BCUT2D eigenvalue weighted by Crippen LogP contribution is -2.36. The second-order valence-electron chi connectivity index (χ2n) is 6.38. The number of nitrogens with one attached hydrogen (secondary N) is 1. The number of hydrogen-bond acceptors (Lipinski definition) is 8. The maximum atomic E-state index is 9.69. The summed E-state index contributed by atoms with van der Waals surface area (Å²) in [7, 11) is 0. The van der Waals surface area contributed by atoms with E-state index in [0.29, 0.717) is 23.0 Å². The van der Waals surface area contributed by atoms with E-state index in [0.717, 1.165) is 12.8 Å². The molecule has 1 aliphatic carbocycles. The predicted molar refractivity (Wildman–Crippen MR) is 91.0 cm³/mol. The third-order valence-electron chi connectivity index (χ3n) is 4.61. The number of ether oxygens (including phenoxy) is 1. The van der Waals surface area contributed by atoms with E-state index >= 15 is 0 Å². The minimum absolute atomic E-state index is 0.401. The summed E-state index contributed by atoms with van der Waals surface area (Å²) in [6.45, 7) is 0.877. The van der Waals surface area contributed by atoms with Gasteiger partial charge in [0.2, 0.25) is 0 Å². The third-order valence-corrected chi connectivity index (χ3v) is 4.61. The summed E-state index contributed by atoms with van der Waals surface area (Å²) in [6.07, 6.45) is 5.21. The molecule has 1 saturated carbocycles. The minimum atomic E-state index is -1.16. The van der Waals surface area contributed by atoms with Crippen LogP contribution in [0.4, 0.5) is 5.82 Å². The summed E-state index contributed by atoms with van der Waals surface area (Å²) in [5.41, 5.74) is 1.27. The third kappa shape index (κ3) is 3.90. The van der Waals surface area contributed by atoms with Crippen LogP contribution in [0.15, 0.2) is 12.7 Å². The molecule has 4 N–H and O–H groups in total. The van der Waals surface area contributed by atoms with Gasteiger partial charge in [-0.05, 0) is 19.8 Å². The standard InChI is InChI=1S/C16H25N5O4/c1-10(25-13(7-23)12(24)6-22)21-9-19-14-15(17-8-18-16(14)21)20-11-4-2-3-5-11/h8-13,22-24H,2-7H2,1H3,(H,17,18,20)/t10?,12-,13+/m1/s1. The van der Waals surface area contributed by atoms with Gasteiger partial charge in [0.1, 0.15) is 24.8 Å². The van der Waals surface area contributed by atoms with Crippen molar-refractivity contribution in [3.63, 3.8) is 0 Å². The van der Waals surface area contributed by atoms with Crippen molar-refractivity contribution in [3.8, 4) is 0 Å². The molecule has 9 nitrogen and oxygen atoms in total. The van der Waals surface area contributed by atoms with Gasteiger partial charge in [0.15, 0.2) is 17.0 Å². The van der Waals surface area contributed by atoms with E-state index in [9.17, 15) is 10.2 Å². The molecule has 2 aromatic heterocycles. The van der Waals surface area contributed by atoms with Crippen LogP contribution in [0.3, 0.4) is 0 Å². The molecule has 2 aromatic rings. The second kappa shape index (κ2) is 8.05. The van der Waals surface area contributed by atoms with Gasteiger partial charge in [0.25, 0.3) is 0 Å². The lowest BCUT2D eigenvalue weighted by Gasteiger charge is -2.24. The maximum Gasteiger partial charge on any atom is 0.167 e. The van der Waals surface area contributed by atoms with Crippen LogP contribution >= 0.6 is 0 Å². The molecule has 9 heteroatoms. The fourth-order valence-electron chi connectivity index (χ4n) is 3.18. The highest BCUT2D eigenvalue weighted by molar-refractivity contribution is 5.82. The Bertz CT molecular complexity index is 688. The van der Waals surface area contributed by atoms with Gasteiger partial charge in [-0.15, -0.1) is 0 Å². The number of imidazole rings is 1. The Labute approximate surface area is 145 Å². The van der Waals surface area contributed by atoms with E-state index < -0.39 is 31.6 Å². The molecule has 3 atom stereocenters. The molecule has 25 heavy (non-hydrogen) atoms. The van der Waals surface area contributed by atoms with Gasteiger partial charge in [0, 0.05) is 6.04 Å². The Hall–Kier alpha value is -1.81. The van der Waals surface area contributed by atoms with Crippen LogP contribution in [0.5, 0.6) is 0 Å². The molecule has 1 aliphatic rings. The summed E-state index contributed by atoms with van der Waals surface area (Å²) >= 11 is 0. The Morgan fingerprint density at radius 3 is 2.68 bits per heavy atom. The zero-order chi connectivity index (χ0) is 17.8. The molecule has 3 rings (SSSR count). The molecule has 2 heterocycles. The normalized spacial score (nSPS) is 19.2. The molecule has 0 spiro atoms. The van der Waals surface area contributed by atoms with Crippen molar-refractivity contribution in [2.45, 2.75) is 57.1 Å². The highest BCUT2D eigenvalue weighted by Gasteiger charge is 2.24. The van der Waals surface area contributed by atoms with Gasteiger partial charge in [0.05, 0.1) is 19.5 Å². The molecule has 0 amide bonds. The molecular formula is C16H25N5O4. The number of rotatable bonds is 8. The van der Waals surface area contributed by atoms with E-state index in [1.54, 1.807) is 17.8 Å². The predicted octanol–water partition coefficient (Wildman–Crippen LogP) is 0.430. The number of fused-ring (bicyclic) bond motifs is 1. The Morgan fingerprint density at radius 2 is 2.00 bits per heavy atom. The molecule has 1 fully saturated rings. The minimum Gasteiger partial charge on any atom is -0.394 e. The van der Waals surface area contributed by atoms with Crippen molar-refractivity contribution in [1.29, 1.82) is 0 Å². The molecule has 0 aliphatic heterocycles. The lowest BCUT2D eigenvalue weighted by atomic mass is 10.2. The summed E-state index contributed by atoms with van der Waals surface area (Å²) in [5.74, 6) is 0.706. The SMILES string of the molecule is CC(O[C@@H](CO)[C@H](O)CO)n1cnc2c(NC3CCCC3)ncnc21. The van der Waals surface area contributed by atoms with E-state index in [1.165, 1.54) is 19.2 Å². The average molecular weight is 351 g/mol. The number of aliphatic hydroxyl groups excluding tert-OH is 3. The first kappa shape index (κ1) is 18.0. The first-order chi connectivity index (χ1) is 12.1. The van der Waals surface area contributed by atoms with E-state index in [-0.39, 0.29) is 0 Å². The second-order valence-corrected chi connectivity index (χ2v) is 6.38. The zero-order valence-electron chi connectivity index (χ0n) is 14.2. The topological polar surface area (TPSA) is 126 Å². The summed E-state index contributed by atoms with van der Waals surface area (Å²) < 4.78 is 7.37. The monoisotopic (exact) mass is 351 g/mol. The fourth-order valence-corrected chi connectivity index (χ4v) is 3.18. The van der Waals surface area contributed by atoms with Gasteiger partial charge >= 0.3 is 0 Å². The van der Waals surface area contributed by atoms with Crippen molar-refractivity contribution in [2.75, 3.05) is 18.5 Å². The summed E-state index contributed by atoms with van der Waals surface area (Å²) in [5, 5.41) is 31.5. The summed E-state index contributed by atoms with van der Waals surface area (Å²) in [6, 6.07) is 0.412. The molecule has 0 aromatic carbocycles. The van der Waals surface area contributed by atoms with Crippen molar-refractivity contribution in [1.82, 2.24) is 19.5 Å². The van der Waals surface area contributed by atoms with Crippen LogP contribution < -0.4 is 5.32 Å². The van der Waals surface area contributed by atoms with Crippen molar-refractivity contribution in [2.24, 2.45) is 0 Å². The van der Waals surface area contributed by atoms with Crippen LogP contribution in [0, 0.1) is 0 Å². The van der Waals surface area contributed by atoms with Crippen LogP contribution in [-0.4, -0.2) is 66.3 Å². The van der Waals surface area contributed by atoms with Crippen molar-refractivity contribution >= 4 is 17.0 Å². The lowest BCUT2D eigenvalue weighted by molar-refractivity contribution is -0.125. The largest absolute Gasteiger partial charge is 0.394 e. The van der Waals surface area contributed by atoms with E-state index in [2.05, 4.69) is 20.3 Å². The zero-order valence-corrected chi connectivity index (χ0v) is 14.2. The molecule has 1 unspecified atom stereocenters. The number of nitrogens with zero attached hydrogens (tertiary/aromatic N) is 4.